The van der Waals surface area contributed by atoms with Crippen LogP contribution in [0.4, 0.5) is 0 Å². The van der Waals surface area contributed by atoms with Gasteiger partial charge in [0.05, 0.1) is 26.2 Å². The second-order valence-corrected chi connectivity index (χ2v) is 6.00. The van der Waals surface area contributed by atoms with Crippen LogP contribution in [0.1, 0.15) is 18.4 Å². The van der Waals surface area contributed by atoms with Gasteiger partial charge in [0.15, 0.2) is 0 Å². The highest BCUT2D eigenvalue weighted by Crippen LogP contribution is 2.33. The summed E-state index contributed by atoms with van der Waals surface area (Å²) in [6.07, 6.45) is 2.07. The highest BCUT2D eigenvalue weighted by molar-refractivity contribution is 9.10. The van der Waals surface area contributed by atoms with Crippen molar-refractivity contribution in [3.63, 3.8) is 0 Å². The van der Waals surface area contributed by atoms with Gasteiger partial charge in [-0.15, -0.1) is 0 Å². The second-order valence-electron chi connectivity index (χ2n) is 4.13. The molecule has 1 aromatic rings. The van der Waals surface area contributed by atoms with Crippen molar-refractivity contribution < 1.29 is 0 Å². The van der Waals surface area contributed by atoms with Gasteiger partial charge in [-0.05, 0) is 31.5 Å². The van der Waals surface area contributed by atoms with E-state index in [1.165, 1.54) is 0 Å². The highest BCUT2D eigenvalue weighted by Gasteiger charge is 2.35. The number of hydrogen-bond acceptors (Lipinski definition) is 3. The Bertz CT molecular complexity index is 386. The SMILES string of the molecule is BrNN=C(c1ccccc1)C1(Br)CCNCC1. The smallest absolute Gasteiger partial charge is 0.0853 e. The molecule has 0 aliphatic carbocycles. The third kappa shape index (κ3) is 3.09. The second kappa shape index (κ2) is 5.98. The number of nitrogens with zero attached hydrogens (tertiary/aromatic N) is 1. The zero-order valence-corrected chi connectivity index (χ0v) is 12.6. The Balaban J connectivity index is 2.32. The molecule has 2 N–H and O–H groups in total. The zero-order chi connectivity index (χ0) is 12.1. The van der Waals surface area contributed by atoms with Gasteiger partial charge in [-0.25, -0.2) is 4.45 Å². The van der Waals surface area contributed by atoms with Crippen LogP contribution in [0.15, 0.2) is 35.4 Å². The lowest BCUT2D eigenvalue weighted by Gasteiger charge is -2.33. The average molecular weight is 361 g/mol. The molecule has 0 amide bonds. The monoisotopic (exact) mass is 359 g/mol. The minimum atomic E-state index is -0.0413. The van der Waals surface area contributed by atoms with Gasteiger partial charge in [0, 0.05) is 0 Å². The first kappa shape index (κ1) is 13.1. The zero-order valence-electron chi connectivity index (χ0n) is 9.42. The van der Waals surface area contributed by atoms with Gasteiger partial charge in [-0.3, -0.25) is 0 Å². The number of hydrazone groups is 1. The van der Waals surface area contributed by atoms with Gasteiger partial charge < -0.3 is 5.32 Å². The molecule has 1 aliphatic rings. The molecule has 0 spiro atoms. The maximum absolute atomic E-state index is 4.40. The molecular formula is C12H15Br2N3. The molecule has 0 saturated carbocycles. The van der Waals surface area contributed by atoms with Crippen molar-refractivity contribution in [1.82, 2.24) is 9.77 Å². The molecule has 1 aromatic carbocycles. The van der Waals surface area contributed by atoms with Gasteiger partial charge in [-0.2, -0.15) is 5.10 Å². The van der Waals surface area contributed by atoms with Crippen LogP contribution in [0.2, 0.25) is 0 Å². The molecule has 0 bridgehead atoms. The summed E-state index contributed by atoms with van der Waals surface area (Å²) < 4.78 is 2.70. The van der Waals surface area contributed by atoms with Gasteiger partial charge in [-0.1, -0.05) is 46.3 Å². The van der Waals surface area contributed by atoms with Crippen LogP contribution >= 0.6 is 32.1 Å². The molecule has 0 unspecified atom stereocenters. The quantitative estimate of drug-likeness (QED) is 0.376. The number of rotatable bonds is 3. The summed E-state index contributed by atoms with van der Waals surface area (Å²) in [5.74, 6) is 0. The van der Waals surface area contributed by atoms with E-state index in [4.69, 9.17) is 0 Å². The Labute approximate surface area is 119 Å². The van der Waals surface area contributed by atoms with E-state index in [1.807, 2.05) is 18.2 Å². The summed E-state index contributed by atoms with van der Waals surface area (Å²) in [4.78, 5) is 0. The predicted molar refractivity (Wildman–Crippen MR) is 78.8 cm³/mol. The summed E-state index contributed by atoms with van der Waals surface area (Å²) >= 11 is 7.03. The number of nitrogens with one attached hydrogen (secondary N) is 2. The highest BCUT2D eigenvalue weighted by atomic mass is 79.9. The Hall–Kier alpha value is -0.390. The summed E-state index contributed by atoms with van der Waals surface area (Å²) in [5.41, 5.74) is 2.20. The van der Waals surface area contributed by atoms with E-state index in [1.54, 1.807) is 0 Å². The van der Waals surface area contributed by atoms with Gasteiger partial charge >= 0.3 is 0 Å². The standard InChI is InChI=1S/C12H15Br2N3/c13-12(6-8-15-9-7-12)11(16-17-14)10-4-2-1-3-5-10/h1-5,15,17H,6-9H2. The molecule has 3 nitrogen and oxygen atoms in total. The van der Waals surface area contributed by atoms with Gasteiger partial charge in [0.1, 0.15) is 0 Å². The van der Waals surface area contributed by atoms with Crippen LogP contribution in [0.5, 0.6) is 0 Å². The third-order valence-electron chi connectivity index (χ3n) is 3.02. The number of halogens is 2. The van der Waals surface area contributed by atoms with Crippen LogP contribution in [-0.2, 0) is 0 Å². The first-order valence-corrected chi connectivity index (χ1v) is 7.24. The van der Waals surface area contributed by atoms with Crippen molar-refractivity contribution in [3.8, 4) is 0 Å². The fourth-order valence-corrected chi connectivity index (χ4v) is 3.01. The topological polar surface area (TPSA) is 36.4 Å². The lowest BCUT2D eigenvalue weighted by molar-refractivity contribution is 0.492. The molecular weight excluding hydrogens is 346 g/mol. The van der Waals surface area contributed by atoms with Crippen LogP contribution in [0.25, 0.3) is 0 Å². The van der Waals surface area contributed by atoms with Crippen LogP contribution in [0, 0.1) is 0 Å². The molecule has 0 radical (unpaired) electrons. The molecule has 1 aliphatic heterocycles. The summed E-state index contributed by atoms with van der Waals surface area (Å²) in [6.45, 7) is 2.03. The molecule has 2 rings (SSSR count). The first-order chi connectivity index (χ1) is 8.26. The van der Waals surface area contributed by atoms with E-state index in [-0.39, 0.29) is 4.32 Å². The van der Waals surface area contributed by atoms with Gasteiger partial charge in [0.25, 0.3) is 0 Å². The first-order valence-electron chi connectivity index (χ1n) is 5.65. The molecule has 1 saturated heterocycles. The number of hydrogen-bond donors (Lipinski definition) is 2. The Morgan fingerprint density at radius 2 is 1.88 bits per heavy atom. The lowest BCUT2D eigenvalue weighted by atomic mass is 9.88. The van der Waals surface area contributed by atoms with E-state index in [2.05, 4.69) is 59.1 Å². The average Bonchev–Trinajstić information content (AvgIpc) is 2.38. The maximum atomic E-state index is 4.40. The molecule has 0 aromatic heterocycles. The van der Waals surface area contributed by atoms with E-state index in [9.17, 15) is 0 Å². The summed E-state index contributed by atoms with van der Waals surface area (Å²) in [5, 5.41) is 7.77. The van der Waals surface area contributed by atoms with E-state index in [0.29, 0.717) is 0 Å². The predicted octanol–water partition coefficient (Wildman–Crippen LogP) is 2.81. The van der Waals surface area contributed by atoms with Crippen molar-refractivity contribution in [2.75, 3.05) is 13.1 Å². The number of benzene rings is 1. The minimum Gasteiger partial charge on any atom is -0.317 e. The van der Waals surface area contributed by atoms with Crippen molar-refractivity contribution in [1.29, 1.82) is 0 Å². The summed E-state index contributed by atoms with van der Waals surface area (Å²) in [6, 6.07) is 10.3. The Morgan fingerprint density at radius 3 is 2.47 bits per heavy atom. The van der Waals surface area contributed by atoms with Crippen molar-refractivity contribution >= 4 is 37.8 Å². The molecule has 1 heterocycles. The number of piperidine rings is 1. The molecule has 0 atom stereocenters. The van der Waals surface area contributed by atoms with Crippen molar-refractivity contribution in [2.45, 2.75) is 17.2 Å². The van der Waals surface area contributed by atoms with Crippen molar-refractivity contribution in [2.24, 2.45) is 5.10 Å². The maximum Gasteiger partial charge on any atom is 0.0853 e. The van der Waals surface area contributed by atoms with Crippen LogP contribution in [0.3, 0.4) is 0 Å². The van der Waals surface area contributed by atoms with E-state index in [0.717, 1.165) is 37.2 Å². The summed E-state index contributed by atoms with van der Waals surface area (Å²) in [7, 11) is 0. The number of alkyl halides is 1. The molecule has 17 heavy (non-hydrogen) atoms. The lowest BCUT2D eigenvalue weighted by Crippen LogP contribution is -2.44. The van der Waals surface area contributed by atoms with E-state index >= 15 is 0 Å². The van der Waals surface area contributed by atoms with Crippen LogP contribution in [-0.4, -0.2) is 23.1 Å². The normalized spacial score (nSPS) is 20.0. The fraction of sp³-hybridized carbons (Fsp3) is 0.417. The van der Waals surface area contributed by atoms with Gasteiger partial charge in [0.2, 0.25) is 0 Å². The van der Waals surface area contributed by atoms with Crippen LogP contribution < -0.4 is 9.77 Å². The molecule has 1 fully saturated rings. The molecule has 92 valence electrons. The minimum absolute atomic E-state index is 0.0413. The Morgan fingerprint density at radius 1 is 1.24 bits per heavy atom. The largest absolute Gasteiger partial charge is 0.317 e. The third-order valence-corrected chi connectivity index (χ3v) is 4.37. The molecule has 5 heteroatoms. The fourth-order valence-electron chi connectivity index (χ4n) is 2.12. The van der Waals surface area contributed by atoms with E-state index < -0.39 is 0 Å². The Kier molecular flexibility index (Phi) is 4.59. The van der Waals surface area contributed by atoms with Crippen molar-refractivity contribution in [3.05, 3.63) is 35.9 Å².